The molecule has 7 heteroatoms. The molecule has 0 spiro atoms. The summed E-state index contributed by atoms with van der Waals surface area (Å²) in [6, 6.07) is 7.70. The third-order valence-corrected chi connectivity index (χ3v) is 3.27. The first kappa shape index (κ1) is 12.6. The molecule has 3 rings (SSSR count). The average Bonchev–Trinajstić information content (AvgIpc) is 2.70. The van der Waals surface area contributed by atoms with Crippen LogP contribution in [-0.2, 0) is 4.79 Å². The van der Waals surface area contributed by atoms with Crippen molar-refractivity contribution in [2.24, 2.45) is 5.84 Å². The minimum atomic E-state index is 0.00690. The fourth-order valence-electron chi connectivity index (χ4n) is 2.35. The Bertz CT molecular complexity index is 644. The summed E-state index contributed by atoms with van der Waals surface area (Å²) < 4.78 is 0. The number of fused-ring (bicyclic) bond motifs is 1. The summed E-state index contributed by atoms with van der Waals surface area (Å²) >= 11 is 0. The maximum absolute atomic E-state index is 11.7. The van der Waals surface area contributed by atoms with E-state index in [1.807, 2.05) is 29.2 Å². The summed E-state index contributed by atoms with van der Waals surface area (Å²) in [6.45, 7) is 1.76. The van der Waals surface area contributed by atoms with Crippen LogP contribution >= 0.6 is 0 Å². The number of hydrogen-bond donors (Lipinski definition) is 3. The molecule has 1 amide bonds. The Hall–Kier alpha value is -2.41. The SMILES string of the molecule is NNc1nc(N2CCCNC(=O)C2)c2ccccc2n1. The number of amides is 1. The normalized spacial score (nSPS) is 15.8. The fourth-order valence-corrected chi connectivity index (χ4v) is 2.35. The summed E-state index contributed by atoms with van der Waals surface area (Å²) in [4.78, 5) is 22.4. The van der Waals surface area contributed by atoms with E-state index in [-0.39, 0.29) is 5.91 Å². The van der Waals surface area contributed by atoms with Crippen molar-refractivity contribution in [3.63, 3.8) is 0 Å². The first-order chi connectivity index (χ1) is 9.78. The van der Waals surface area contributed by atoms with Crippen LogP contribution in [0.2, 0.25) is 0 Å². The van der Waals surface area contributed by atoms with Gasteiger partial charge in [0.25, 0.3) is 0 Å². The van der Waals surface area contributed by atoms with Gasteiger partial charge < -0.3 is 10.2 Å². The van der Waals surface area contributed by atoms with Gasteiger partial charge in [-0.3, -0.25) is 10.2 Å². The van der Waals surface area contributed by atoms with Crippen LogP contribution < -0.4 is 21.5 Å². The van der Waals surface area contributed by atoms with E-state index in [4.69, 9.17) is 5.84 Å². The van der Waals surface area contributed by atoms with Crippen LogP contribution in [0.4, 0.5) is 11.8 Å². The van der Waals surface area contributed by atoms with E-state index in [0.29, 0.717) is 19.0 Å². The van der Waals surface area contributed by atoms with Crippen LogP contribution in [0, 0.1) is 0 Å². The van der Waals surface area contributed by atoms with E-state index in [1.165, 1.54) is 0 Å². The van der Waals surface area contributed by atoms with Gasteiger partial charge in [-0.15, -0.1) is 0 Å². The van der Waals surface area contributed by atoms with Crippen molar-refractivity contribution >= 4 is 28.6 Å². The predicted octanol–water partition coefficient (Wildman–Crippen LogP) is 0.242. The van der Waals surface area contributed by atoms with Crippen molar-refractivity contribution < 1.29 is 4.79 Å². The maximum atomic E-state index is 11.7. The molecule has 0 bridgehead atoms. The molecule has 0 saturated carbocycles. The number of nitrogens with zero attached hydrogens (tertiary/aromatic N) is 3. The summed E-state index contributed by atoms with van der Waals surface area (Å²) in [6.07, 6.45) is 0.884. The zero-order valence-corrected chi connectivity index (χ0v) is 11.0. The number of anilines is 2. The van der Waals surface area contributed by atoms with Crippen LogP contribution in [0.1, 0.15) is 6.42 Å². The number of carbonyl (C=O) groups excluding carboxylic acids is 1. The molecule has 2 heterocycles. The van der Waals surface area contributed by atoms with Gasteiger partial charge in [0.2, 0.25) is 11.9 Å². The Morgan fingerprint density at radius 3 is 3.00 bits per heavy atom. The van der Waals surface area contributed by atoms with E-state index in [1.54, 1.807) is 0 Å². The number of nitrogen functional groups attached to an aromatic ring is 1. The van der Waals surface area contributed by atoms with Crippen molar-refractivity contribution in [1.82, 2.24) is 15.3 Å². The monoisotopic (exact) mass is 272 g/mol. The molecule has 1 aliphatic rings. The van der Waals surface area contributed by atoms with Crippen LogP contribution in [0.15, 0.2) is 24.3 Å². The molecule has 0 atom stereocenters. The second-order valence-corrected chi connectivity index (χ2v) is 4.66. The quantitative estimate of drug-likeness (QED) is 0.535. The number of hydrogen-bond acceptors (Lipinski definition) is 6. The standard InChI is InChI=1S/C13H16N6O/c14-18-13-16-10-5-2-1-4-9(10)12(17-13)19-7-3-6-15-11(20)8-19/h1-2,4-5H,3,6-8,14H2,(H,15,20)(H,16,17,18). The molecule has 1 saturated heterocycles. The van der Waals surface area contributed by atoms with Crippen molar-refractivity contribution in [2.45, 2.75) is 6.42 Å². The topological polar surface area (TPSA) is 96.2 Å². The Kier molecular flexibility index (Phi) is 3.34. The van der Waals surface area contributed by atoms with Crippen LogP contribution in [0.25, 0.3) is 10.9 Å². The molecule has 1 aliphatic heterocycles. The van der Waals surface area contributed by atoms with Crippen LogP contribution in [0.5, 0.6) is 0 Å². The van der Waals surface area contributed by atoms with Crippen LogP contribution in [-0.4, -0.2) is 35.5 Å². The molecule has 7 nitrogen and oxygen atoms in total. The molecule has 0 unspecified atom stereocenters. The Morgan fingerprint density at radius 1 is 1.30 bits per heavy atom. The second kappa shape index (κ2) is 5.30. The Balaban J connectivity index is 2.10. The first-order valence-electron chi connectivity index (χ1n) is 6.53. The van der Waals surface area contributed by atoms with E-state index >= 15 is 0 Å². The smallest absolute Gasteiger partial charge is 0.239 e. The zero-order chi connectivity index (χ0) is 13.9. The van der Waals surface area contributed by atoms with Crippen molar-refractivity contribution in [2.75, 3.05) is 30.0 Å². The van der Waals surface area contributed by atoms with E-state index < -0.39 is 0 Å². The minimum Gasteiger partial charge on any atom is -0.354 e. The van der Waals surface area contributed by atoms with Crippen molar-refractivity contribution in [3.05, 3.63) is 24.3 Å². The van der Waals surface area contributed by atoms with Gasteiger partial charge in [-0.1, -0.05) is 12.1 Å². The molecule has 1 aromatic heterocycles. The molecule has 4 N–H and O–H groups in total. The number of nitrogens with one attached hydrogen (secondary N) is 2. The van der Waals surface area contributed by atoms with Gasteiger partial charge in [0.05, 0.1) is 12.1 Å². The van der Waals surface area contributed by atoms with Crippen LogP contribution in [0.3, 0.4) is 0 Å². The summed E-state index contributed by atoms with van der Waals surface area (Å²) in [7, 11) is 0. The molecular weight excluding hydrogens is 256 g/mol. The lowest BCUT2D eigenvalue weighted by Gasteiger charge is -2.22. The van der Waals surface area contributed by atoms with Gasteiger partial charge in [-0.05, 0) is 18.6 Å². The fraction of sp³-hybridized carbons (Fsp3) is 0.308. The molecule has 2 aromatic rings. The number of nitrogens with two attached hydrogens (primary N) is 1. The maximum Gasteiger partial charge on any atom is 0.239 e. The highest BCUT2D eigenvalue weighted by molar-refractivity contribution is 5.92. The van der Waals surface area contributed by atoms with Gasteiger partial charge in [-0.2, -0.15) is 4.98 Å². The highest BCUT2D eigenvalue weighted by Crippen LogP contribution is 2.25. The largest absolute Gasteiger partial charge is 0.354 e. The minimum absolute atomic E-state index is 0.00690. The van der Waals surface area contributed by atoms with E-state index in [0.717, 1.165) is 29.7 Å². The molecule has 104 valence electrons. The van der Waals surface area contributed by atoms with Gasteiger partial charge in [0, 0.05) is 18.5 Å². The van der Waals surface area contributed by atoms with Gasteiger partial charge in [0.1, 0.15) is 5.82 Å². The number of carbonyl (C=O) groups is 1. The number of hydrazine groups is 1. The second-order valence-electron chi connectivity index (χ2n) is 4.66. The number of benzene rings is 1. The van der Waals surface area contributed by atoms with Gasteiger partial charge in [-0.25, -0.2) is 10.8 Å². The highest BCUT2D eigenvalue weighted by atomic mass is 16.2. The average molecular weight is 272 g/mol. The third kappa shape index (κ3) is 2.35. The first-order valence-corrected chi connectivity index (χ1v) is 6.53. The lowest BCUT2D eigenvalue weighted by molar-refractivity contribution is -0.119. The van der Waals surface area contributed by atoms with Crippen molar-refractivity contribution in [3.8, 4) is 0 Å². The van der Waals surface area contributed by atoms with Gasteiger partial charge in [0.15, 0.2) is 0 Å². The highest BCUT2D eigenvalue weighted by Gasteiger charge is 2.19. The summed E-state index contributed by atoms with van der Waals surface area (Å²) in [5.41, 5.74) is 3.28. The zero-order valence-electron chi connectivity index (χ0n) is 11.0. The number of para-hydroxylation sites is 1. The molecule has 0 radical (unpaired) electrons. The number of aromatic nitrogens is 2. The molecule has 0 aliphatic carbocycles. The predicted molar refractivity (Wildman–Crippen MR) is 77.2 cm³/mol. The Morgan fingerprint density at radius 2 is 2.15 bits per heavy atom. The number of rotatable bonds is 2. The molecule has 1 aromatic carbocycles. The van der Waals surface area contributed by atoms with Gasteiger partial charge >= 0.3 is 0 Å². The Labute approximate surface area is 116 Å². The molecular formula is C13H16N6O. The van der Waals surface area contributed by atoms with E-state index in [9.17, 15) is 4.79 Å². The van der Waals surface area contributed by atoms with Crippen molar-refractivity contribution in [1.29, 1.82) is 0 Å². The summed E-state index contributed by atoms with van der Waals surface area (Å²) in [5, 5.41) is 3.77. The lowest BCUT2D eigenvalue weighted by Crippen LogP contribution is -2.33. The molecule has 1 fully saturated rings. The van der Waals surface area contributed by atoms with E-state index in [2.05, 4.69) is 20.7 Å². The third-order valence-electron chi connectivity index (χ3n) is 3.27. The lowest BCUT2D eigenvalue weighted by atomic mass is 10.2. The molecule has 20 heavy (non-hydrogen) atoms. The summed E-state index contributed by atoms with van der Waals surface area (Å²) in [5.74, 6) is 6.52.